The Morgan fingerprint density at radius 3 is 2.61 bits per heavy atom. The summed E-state index contributed by atoms with van der Waals surface area (Å²) >= 11 is 3.50. The van der Waals surface area contributed by atoms with E-state index in [1.165, 1.54) is 0 Å². The molecule has 0 unspecified atom stereocenters. The lowest BCUT2D eigenvalue weighted by Gasteiger charge is -2.30. The first-order valence-corrected chi connectivity index (χ1v) is 11.8. The smallest absolute Gasteiger partial charge is 0.276 e. The standard InChI is InChI=1S/C20H25N3O3S2/c1-14-18(20(25)23-8-11-27-12-9-23)21-19(26-14)15-4-6-22(7-5-15)17(24)13-16-3-2-10-28-16/h2-3,10,15H,4-9,11-13H2,1H3. The van der Waals surface area contributed by atoms with Gasteiger partial charge in [-0.25, -0.2) is 4.98 Å². The summed E-state index contributed by atoms with van der Waals surface area (Å²) in [6, 6.07) is 3.98. The minimum atomic E-state index is -0.0173. The lowest BCUT2D eigenvalue weighted by Crippen LogP contribution is -2.39. The third kappa shape index (κ3) is 4.27. The minimum Gasteiger partial charge on any atom is -0.445 e. The van der Waals surface area contributed by atoms with Gasteiger partial charge in [0, 0.05) is 48.5 Å². The molecule has 0 radical (unpaired) electrons. The second-order valence-electron chi connectivity index (χ2n) is 7.27. The van der Waals surface area contributed by atoms with Crippen LogP contribution in [0.2, 0.25) is 0 Å². The molecule has 0 aromatic carbocycles. The number of thioether (sulfide) groups is 1. The number of aryl methyl sites for hydroxylation is 1. The zero-order valence-electron chi connectivity index (χ0n) is 16.1. The second-order valence-corrected chi connectivity index (χ2v) is 9.53. The average molecular weight is 420 g/mol. The number of thiophene rings is 1. The van der Waals surface area contributed by atoms with Crippen LogP contribution in [0.5, 0.6) is 0 Å². The Kier molecular flexibility index (Phi) is 6.06. The monoisotopic (exact) mass is 419 g/mol. The number of oxazole rings is 1. The SMILES string of the molecule is Cc1oc(C2CCN(C(=O)Cc3cccs3)CC2)nc1C(=O)N1CCSCC1. The van der Waals surface area contributed by atoms with Gasteiger partial charge in [-0.3, -0.25) is 9.59 Å². The molecular formula is C20H25N3O3S2. The number of amides is 2. The van der Waals surface area contributed by atoms with Crippen LogP contribution < -0.4 is 0 Å². The topological polar surface area (TPSA) is 66.7 Å². The summed E-state index contributed by atoms with van der Waals surface area (Å²) in [6.07, 6.45) is 2.13. The summed E-state index contributed by atoms with van der Waals surface area (Å²) in [6.45, 7) is 4.79. The zero-order chi connectivity index (χ0) is 19.5. The molecule has 0 atom stereocenters. The molecule has 0 aliphatic carbocycles. The fourth-order valence-electron chi connectivity index (χ4n) is 3.76. The molecular weight excluding hydrogens is 394 g/mol. The predicted molar refractivity (Wildman–Crippen MR) is 111 cm³/mol. The highest BCUT2D eigenvalue weighted by atomic mass is 32.2. The number of hydrogen-bond acceptors (Lipinski definition) is 6. The first kappa shape index (κ1) is 19.5. The Morgan fingerprint density at radius 1 is 1.18 bits per heavy atom. The van der Waals surface area contributed by atoms with Crippen LogP contribution in [-0.2, 0) is 11.2 Å². The van der Waals surface area contributed by atoms with Crippen molar-refractivity contribution in [1.82, 2.24) is 14.8 Å². The van der Waals surface area contributed by atoms with Gasteiger partial charge in [0.1, 0.15) is 5.76 Å². The lowest BCUT2D eigenvalue weighted by atomic mass is 9.96. The van der Waals surface area contributed by atoms with Gasteiger partial charge >= 0.3 is 0 Å². The van der Waals surface area contributed by atoms with E-state index < -0.39 is 0 Å². The van der Waals surface area contributed by atoms with E-state index in [9.17, 15) is 9.59 Å². The highest BCUT2D eigenvalue weighted by Gasteiger charge is 2.30. The number of rotatable bonds is 4. The summed E-state index contributed by atoms with van der Waals surface area (Å²) in [5.41, 5.74) is 0.457. The van der Waals surface area contributed by atoms with E-state index in [-0.39, 0.29) is 17.7 Å². The summed E-state index contributed by atoms with van der Waals surface area (Å²) in [5.74, 6) is 3.55. The molecule has 4 heterocycles. The van der Waals surface area contributed by atoms with E-state index in [0.29, 0.717) is 36.9 Å². The molecule has 2 saturated heterocycles. The molecule has 2 aliphatic heterocycles. The van der Waals surface area contributed by atoms with Crippen molar-refractivity contribution >= 4 is 34.9 Å². The van der Waals surface area contributed by atoms with Gasteiger partial charge in [0.15, 0.2) is 11.6 Å². The molecule has 150 valence electrons. The summed E-state index contributed by atoms with van der Waals surface area (Å²) < 4.78 is 5.88. The quantitative estimate of drug-likeness (QED) is 0.761. The van der Waals surface area contributed by atoms with Gasteiger partial charge in [0.25, 0.3) is 5.91 Å². The van der Waals surface area contributed by atoms with Gasteiger partial charge in [-0.05, 0) is 31.2 Å². The number of aromatic nitrogens is 1. The van der Waals surface area contributed by atoms with Gasteiger partial charge in [0.05, 0.1) is 6.42 Å². The maximum absolute atomic E-state index is 12.8. The van der Waals surface area contributed by atoms with E-state index in [2.05, 4.69) is 4.98 Å². The Balaban J connectivity index is 1.35. The van der Waals surface area contributed by atoms with E-state index in [0.717, 1.165) is 42.3 Å². The highest BCUT2D eigenvalue weighted by molar-refractivity contribution is 7.99. The molecule has 4 rings (SSSR count). The highest BCUT2D eigenvalue weighted by Crippen LogP contribution is 2.30. The molecule has 0 N–H and O–H groups in total. The Hall–Kier alpha value is -1.80. The van der Waals surface area contributed by atoms with Crippen LogP contribution in [-0.4, -0.2) is 64.3 Å². The maximum atomic E-state index is 12.8. The fourth-order valence-corrected chi connectivity index (χ4v) is 5.35. The predicted octanol–water partition coefficient (Wildman–Crippen LogP) is 3.18. The van der Waals surface area contributed by atoms with Crippen LogP contribution in [0, 0.1) is 6.92 Å². The van der Waals surface area contributed by atoms with Crippen molar-refractivity contribution in [1.29, 1.82) is 0 Å². The molecule has 2 amide bonds. The maximum Gasteiger partial charge on any atom is 0.276 e. The zero-order valence-corrected chi connectivity index (χ0v) is 17.7. The van der Waals surface area contributed by atoms with Crippen molar-refractivity contribution in [2.75, 3.05) is 37.7 Å². The van der Waals surface area contributed by atoms with Gasteiger partial charge in [-0.2, -0.15) is 11.8 Å². The third-order valence-corrected chi connectivity index (χ3v) is 7.24. The van der Waals surface area contributed by atoms with Crippen LogP contribution in [0.15, 0.2) is 21.9 Å². The van der Waals surface area contributed by atoms with E-state index in [1.807, 2.05) is 46.0 Å². The number of hydrogen-bond donors (Lipinski definition) is 0. The van der Waals surface area contributed by atoms with Crippen LogP contribution in [0.4, 0.5) is 0 Å². The van der Waals surface area contributed by atoms with Gasteiger partial charge < -0.3 is 14.2 Å². The van der Waals surface area contributed by atoms with Crippen LogP contribution in [0.25, 0.3) is 0 Å². The van der Waals surface area contributed by atoms with E-state index in [1.54, 1.807) is 11.3 Å². The Morgan fingerprint density at radius 2 is 1.93 bits per heavy atom. The minimum absolute atomic E-state index is 0.0173. The van der Waals surface area contributed by atoms with Crippen molar-refractivity contribution in [3.8, 4) is 0 Å². The molecule has 6 nitrogen and oxygen atoms in total. The van der Waals surface area contributed by atoms with E-state index >= 15 is 0 Å². The molecule has 2 aliphatic rings. The van der Waals surface area contributed by atoms with Gasteiger partial charge in [-0.1, -0.05) is 6.07 Å². The van der Waals surface area contributed by atoms with Crippen molar-refractivity contribution in [3.05, 3.63) is 39.7 Å². The molecule has 0 bridgehead atoms. The number of carbonyl (C=O) groups excluding carboxylic acids is 2. The molecule has 0 spiro atoms. The van der Waals surface area contributed by atoms with Gasteiger partial charge in [0.2, 0.25) is 5.91 Å². The van der Waals surface area contributed by atoms with Crippen LogP contribution in [0.3, 0.4) is 0 Å². The van der Waals surface area contributed by atoms with Crippen molar-refractivity contribution in [2.24, 2.45) is 0 Å². The number of likely N-dealkylation sites (tertiary alicyclic amines) is 1. The largest absolute Gasteiger partial charge is 0.445 e. The first-order valence-electron chi connectivity index (χ1n) is 9.76. The second kappa shape index (κ2) is 8.69. The molecule has 2 aromatic heterocycles. The lowest BCUT2D eigenvalue weighted by molar-refractivity contribution is -0.131. The number of piperidine rings is 1. The molecule has 2 aromatic rings. The molecule has 28 heavy (non-hydrogen) atoms. The average Bonchev–Trinajstić information content (AvgIpc) is 3.38. The van der Waals surface area contributed by atoms with Crippen LogP contribution in [0.1, 0.15) is 45.8 Å². The molecule has 0 saturated carbocycles. The van der Waals surface area contributed by atoms with Crippen molar-refractivity contribution < 1.29 is 14.0 Å². The van der Waals surface area contributed by atoms with Crippen molar-refractivity contribution in [3.63, 3.8) is 0 Å². The number of nitrogens with zero attached hydrogens (tertiary/aromatic N) is 3. The summed E-state index contributed by atoms with van der Waals surface area (Å²) in [5, 5.41) is 2.00. The van der Waals surface area contributed by atoms with Crippen LogP contribution >= 0.6 is 23.1 Å². The Labute approximate surface area is 173 Å². The Bertz CT molecular complexity index is 820. The van der Waals surface area contributed by atoms with Gasteiger partial charge in [-0.15, -0.1) is 11.3 Å². The normalized spacial score (nSPS) is 18.5. The molecule has 8 heteroatoms. The number of carbonyl (C=O) groups is 2. The van der Waals surface area contributed by atoms with Crippen molar-refractivity contribution in [2.45, 2.75) is 32.1 Å². The third-order valence-electron chi connectivity index (χ3n) is 5.42. The fraction of sp³-hybridized carbons (Fsp3) is 0.550. The summed E-state index contributed by atoms with van der Waals surface area (Å²) in [4.78, 5) is 34.7. The van der Waals surface area contributed by atoms with E-state index in [4.69, 9.17) is 4.42 Å². The first-order chi connectivity index (χ1) is 13.6. The summed E-state index contributed by atoms with van der Waals surface area (Å²) in [7, 11) is 0. The molecule has 2 fully saturated rings.